The summed E-state index contributed by atoms with van der Waals surface area (Å²) >= 11 is 0. The second-order valence-corrected chi connectivity index (χ2v) is 4.70. The van der Waals surface area contributed by atoms with Gasteiger partial charge >= 0.3 is 6.18 Å². The van der Waals surface area contributed by atoms with Crippen molar-refractivity contribution in [3.63, 3.8) is 0 Å². The quantitative estimate of drug-likeness (QED) is 0.842. The zero-order valence-corrected chi connectivity index (χ0v) is 10.7. The maximum absolute atomic E-state index is 12.6. The summed E-state index contributed by atoms with van der Waals surface area (Å²) in [6, 6.07) is 5.32. The van der Waals surface area contributed by atoms with Crippen LogP contribution in [0, 0.1) is 5.92 Å². The number of ether oxygens (including phenoxy) is 1. The number of nitrogen functional groups attached to an aromatic ring is 1. The number of anilines is 2. The van der Waals surface area contributed by atoms with Crippen molar-refractivity contribution in [3.8, 4) is 5.75 Å². The van der Waals surface area contributed by atoms with E-state index in [1.54, 1.807) is 12.1 Å². The van der Waals surface area contributed by atoms with Gasteiger partial charge in [0, 0.05) is 13.1 Å². The molecule has 1 aliphatic heterocycles. The highest BCUT2D eigenvalue weighted by Crippen LogP contribution is 2.39. The first-order valence-corrected chi connectivity index (χ1v) is 6.17. The van der Waals surface area contributed by atoms with Gasteiger partial charge in [-0.25, -0.2) is 0 Å². The number of benzene rings is 1. The Balaban J connectivity index is 2.12. The highest BCUT2D eigenvalue weighted by molar-refractivity contribution is 5.70. The topological polar surface area (TPSA) is 38.5 Å². The second-order valence-electron chi connectivity index (χ2n) is 4.70. The molecule has 1 aromatic carbocycles. The smallest absolute Gasteiger partial charge is 0.391 e. The molecule has 0 unspecified atom stereocenters. The van der Waals surface area contributed by atoms with Crippen molar-refractivity contribution in [2.75, 3.05) is 30.8 Å². The Labute approximate surface area is 110 Å². The van der Waals surface area contributed by atoms with Crippen LogP contribution in [-0.2, 0) is 0 Å². The first-order valence-electron chi connectivity index (χ1n) is 6.17. The largest absolute Gasteiger partial charge is 0.492 e. The van der Waals surface area contributed by atoms with Gasteiger partial charge in [-0.2, -0.15) is 13.2 Å². The predicted octanol–water partition coefficient (Wildman–Crippen LogP) is 3.06. The number of rotatable bonds is 2. The molecule has 3 nitrogen and oxygen atoms in total. The molecule has 1 saturated heterocycles. The standard InChI is InChI=1S/C13H17F3N2O/c1-19-12-10(17)3-2-4-11(12)18-7-5-9(6-8-18)13(14,15)16/h2-4,9H,5-8,17H2,1H3. The van der Waals surface area contributed by atoms with Crippen molar-refractivity contribution in [3.05, 3.63) is 18.2 Å². The number of hydrogen-bond acceptors (Lipinski definition) is 3. The van der Waals surface area contributed by atoms with E-state index in [2.05, 4.69) is 0 Å². The van der Waals surface area contributed by atoms with Gasteiger partial charge < -0.3 is 15.4 Å². The van der Waals surface area contributed by atoms with Gasteiger partial charge in [0.15, 0.2) is 5.75 Å². The lowest BCUT2D eigenvalue weighted by Gasteiger charge is -2.35. The molecule has 0 atom stereocenters. The number of alkyl halides is 3. The van der Waals surface area contributed by atoms with Crippen LogP contribution in [0.3, 0.4) is 0 Å². The fourth-order valence-electron chi connectivity index (χ4n) is 2.46. The van der Waals surface area contributed by atoms with E-state index < -0.39 is 12.1 Å². The van der Waals surface area contributed by atoms with E-state index in [4.69, 9.17) is 10.5 Å². The third-order valence-electron chi connectivity index (χ3n) is 3.53. The molecule has 1 aromatic rings. The van der Waals surface area contributed by atoms with Crippen LogP contribution in [0.15, 0.2) is 18.2 Å². The molecule has 1 aliphatic rings. The van der Waals surface area contributed by atoms with Gasteiger partial charge in [-0.05, 0) is 25.0 Å². The van der Waals surface area contributed by atoms with E-state index in [9.17, 15) is 13.2 Å². The molecule has 6 heteroatoms. The Bertz CT molecular complexity index is 440. The van der Waals surface area contributed by atoms with Crippen LogP contribution < -0.4 is 15.4 Å². The van der Waals surface area contributed by atoms with Crippen LogP contribution in [0.5, 0.6) is 5.75 Å². The van der Waals surface area contributed by atoms with Crippen LogP contribution in [0.2, 0.25) is 0 Å². The number of methoxy groups -OCH3 is 1. The molecule has 0 aromatic heterocycles. The van der Waals surface area contributed by atoms with Crippen molar-refractivity contribution in [2.24, 2.45) is 5.92 Å². The second kappa shape index (κ2) is 5.19. The van der Waals surface area contributed by atoms with E-state index in [1.165, 1.54) is 7.11 Å². The van der Waals surface area contributed by atoms with Gasteiger partial charge in [-0.15, -0.1) is 0 Å². The van der Waals surface area contributed by atoms with Gasteiger partial charge in [-0.1, -0.05) is 6.07 Å². The fourth-order valence-corrected chi connectivity index (χ4v) is 2.46. The number of nitrogens with two attached hydrogens (primary N) is 1. The zero-order chi connectivity index (χ0) is 14.0. The minimum atomic E-state index is -4.09. The maximum Gasteiger partial charge on any atom is 0.391 e. The Morgan fingerprint density at radius 1 is 1.26 bits per heavy atom. The molecule has 1 heterocycles. The van der Waals surface area contributed by atoms with E-state index >= 15 is 0 Å². The Morgan fingerprint density at radius 3 is 2.42 bits per heavy atom. The highest BCUT2D eigenvalue weighted by Gasteiger charge is 2.41. The van der Waals surface area contributed by atoms with Gasteiger partial charge in [0.05, 0.1) is 24.4 Å². The lowest BCUT2D eigenvalue weighted by molar-refractivity contribution is -0.179. The molecule has 1 fully saturated rings. The first kappa shape index (κ1) is 13.8. The third-order valence-corrected chi connectivity index (χ3v) is 3.53. The van der Waals surface area contributed by atoms with Crippen LogP contribution in [0.4, 0.5) is 24.5 Å². The molecule has 0 aliphatic carbocycles. The van der Waals surface area contributed by atoms with Crippen molar-refractivity contribution in [2.45, 2.75) is 19.0 Å². The van der Waals surface area contributed by atoms with Crippen molar-refractivity contribution in [1.82, 2.24) is 0 Å². The average molecular weight is 274 g/mol. The first-order chi connectivity index (χ1) is 8.93. The number of para-hydroxylation sites is 1. The SMILES string of the molecule is COc1c(N)cccc1N1CCC(C(F)(F)F)CC1. The molecule has 0 bridgehead atoms. The number of halogens is 3. The molecular formula is C13H17F3N2O. The van der Waals surface area contributed by atoms with E-state index in [1.807, 2.05) is 11.0 Å². The zero-order valence-electron chi connectivity index (χ0n) is 10.7. The van der Waals surface area contributed by atoms with Crippen LogP contribution >= 0.6 is 0 Å². The summed E-state index contributed by atoms with van der Waals surface area (Å²) in [5.41, 5.74) is 7.07. The summed E-state index contributed by atoms with van der Waals surface area (Å²) in [5.74, 6) is -0.663. The third kappa shape index (κ3) is 2.88. The summed E-state index contributed by atoms with van der Waals surface area (Å²) < 4.78 is 43.1. The normalized spacial score (nSPS) is 17.6. The monoisotopic (exact) mass is 274 g/mol. The fraction of sp³-hybridized carbons (Fsp3) is 0.538. The number of piperidine rings is 1. The van der Waals surface area contributed by atoms with Gasteiger partial charge in [-0.3, -0.25) is 0 Å². The summed E-state index contributed by atoms with van der Waals surface area (Å²) in [5, 5.41) is 0. The lowest BCUT2D eigenvalue weighted by atomic mass is 9.96. The minimum absolute atomic E-state index is 0.113. The van der Waals surface area contributed by atoms with E-state index in [0.717, 1.165) is 5.69 Å². The number of nitrogens with zero attached hydrogens (tertiary/aromatic N) is 1. The molecule has 0 saturated carbocycles. The van der Waals surface area contributed by atoms with Crippen molar-refractivity contribution in [1.29, 1.82) is 0 Å². The molecule has 0 spiro atoms. The lowest BCUT2D eigenvalue weighted by Crippen LogP contribution is -2.39. The summed E-state index contributed by atoms with van der Waals surface area (Å²) in [4.78, 5) is 1.90. The van der Waals surface area contributed by atoms with Crippen molar-refractivity contribution < 1.29 is 17.9 Å². The molecule has 0 amide bonds. The Kier molecular flexibility index (Phi) is 3.78. The van der Waals surface area contributed by atoms with Gasteiger partial charge in [0.25, 0.3) is 0 Å². The van der Waals surface area contributed by atoms with Crippen molar-refractivity contribution >= 4 is 11.4 Å². The average Bonchev–Trinajstić information content (AvgIpc) is 2.37. The molecule has 2 N–H and O–H groups in total. The summed E-state index contributed by atoms with van der Waals surface area (Å²) in [7, 11) is 1.51. The molecule has 0 radical (unpaired) electrons. The van der Waals surface area contributed by atoms with E-state index in [0.29, 0.717) is 24.5 Å². The molecule has 2 rings (SSSR count). The van der Waals surface area contributed by atoms with Crippen LogP contribution in [0.25, 0.3) is 0 Å². The Hall–Kier alpha value is -1.59. The van der Waals surface area contributed by atoms with Gasteiger partial charge in [0.1, 0.15) is 0 Å². The Morgan fingerprint density at radius 2 is 1.89 bits per heavy atom. The molecular weight excluding hydrogens is 257 g/mol. The molecule has 19 heavy (non-hydrogen) atoms. The number of hydrogen-bond donors (Lipinski definition) is 1. The summed E-state index contributed by atoms with van der Waals surface area (Å²) in [6.07, 6.45) is -3.87. The van der Waals surface area contributed by atoms with Gasteiger partial charge in [0.2, 0.25) is 0 Å². The van der Waals surface area contributed by atoms with Crippen LogP contribution in [0.1, 0.15) is 12.8 Å². The van der Waals surface area contributed by atoms with Crippen LogP contribution in [-0.4, -0.2) is 26.4 Å². The minimum Gasteiger partial charge on any atom is -0.492 e. The maximum atomic E-state index is 12.6. The highest BCUT2D eigenvalue weighted by atomic mass is 19.4. The molecule has 106 valence electrons. The van der Waals surface area contributed by atoms with E-state index in [-0.39, 0.29) is 12.8 Å². The predicted molar refractivity (Wildman–Crippen MR) is 68.4 cm³/mol. The summed E-state index contributed by atoms with van der Waals surface area (Å²) in [6.45, 7) is 0.730.